The summed E-state index contributed by atoms with van der Waals surface area (Å²) in [6.07, 6.45) is 0. The Morgan fingerprint density at radius 1 is 1.29 bits per heavy atom. The summed E-state index contributed by atoms with van der Waals surface area (Å²) in [4.78, 5) is 11.0. The van der Waals surface area contributed by atoms with E-state index in [1.807, 2.05) is 0 Å². The summed E-state index contributed by atoms with van der Waals surface area (Å²) in [5.41, 5.74) is 1.20. The lowest BCUT2D eigenvalue weighted by Gasteiger charge is -2.25. The average molecular weight is 315 g/mol. The van der Waals surface area contributed by atoms with Crippen molar-refractivity contribution in [1.82, 2.24) is 4.31 Å². The summed E-state index contributed by atoms with van der Waals surface area (Å²) in [7, 11) is -2.36. The monoisotopic (exact) mass is 315 g/mol. The molecule has 1 N–H and O–H groups in total. The normalized spacial score (nSPS) is 12.0. The number of carboxylic acid groups (broad SMARTS) is 1. The summed E-state index contributed by atoms with van der Waals surface area (Å²) >= 11 is 0. The molecule has 21 heavy (non-hydrogen) atoms. The van der Waals surface area contributed by atoms with E-state index in [-0.39, 0.29) is 4.90 Å². The molecule has 0 saturated heterocycles. The number of nitrogens with zero attached hydrogens (tertiary/aromatic N) is 1. The minimum atomic E-state index is -3.88. The second kappa shape index (κ2) is 6.44. The van der Waals surface area contributed by atoms with Crippen molar-refractivity contribution in [3.05, 3.63) is 23.3 Å². The van der Waals surface area contributed by atoms with E-state index in [9.17, 15) is 13.2 Å². The molecule has 6 nitrogen and oxygen atoms in total. The van der Waals surface area contributed by atoms with Gasteiger partial charge in [0.05, 0.1) is 12.0 Å². The van der Waals surface area contributed by atoms with E-state index >= 15 is 0 Å². The number of ether oxygens (including phenoxy) is 1. The lowest BCUT2D eigenvalue weighted by atomic mass is 10.1. The highest BCUT2D eigenvalue weighted by Gasteiger charge is 2.30. The third kappa shape index (κ3) is 3.74. The van der Waals surface area contributed by atoms with E-state index in [2.05, 4.69) is 0 Å². The molecule has 0 saturated carbocycles. The van der Waals surface area contributed by atoms with Gasteiger partial charge in [-0.3, -0.25) is 4.79 Å². The summed E-state index contributed by atoms with van der Waals surface area (Å²) < 4.78 is 31.5. The topological polar surface area (TPSA) is 83.9 Å². The molecule has 118 valence electrons. The molecule has 1 rings (SSSR count). The van der Waals surface area contributed by atoms with Crippen LogP contribution in [0.3, 0.4) is 0 Å². The van der Waals surface area contributed by atoms with Crippen molar-refractivity contribution < 1.29 is 23.1 Å². The largest absolute Gasteiger partial charge is 0.496 e. The summed E-state index contributed by atoms with van der Waals surface area (Å²) in [6.45, 7) is 6.13. The molecule has 0 unspecified atom stereocenters. The minimum Gasteiger partial charge on any atom is -0.496 e. The molecule has 0 atom stereocenters. The zero-order valence-electron chi connectivity index (χ0n) is 12.9. The quantitative estimate of drug-likeness (QED) is 0.865. The molecule has 0 aliphatic rings. The van der Waals surface area contributed by atoms with Gasteiger partial charge in [0.2, 0.25) is 10.0 Å². The second-order valence-corrected chi connectivity index (χ2v) is 6.98. The van der Waals surface area contributed by atoms with Crippen molar-refractivity contribution in [1.29, 1.82) is 0 Å². The SMILES string of the molecule is COc1cc(C)c(S(=O)(=O)N(CC(=O)O)C(C)C)cc1C. The van der Waals surface area contributed by atoms with Crippen molar-refractivity contribution in [3.8, 4) is 5.75 Å². The van der Waals surface area contributed by atoms with Crippen LogP contribution in [0.25, 0.3) is 0 Å². The van der Waals surface area contributed by atoms with Crippen LogP contribution in [0.15, 0.2) is 17.0 Å². The number of methoxy groups -OCH3 is 1. The van der Waals surface area contributed by atoms with Crippen LogP contribution >= 0.6 is 0 Å². The fourth-order valence-electron chi connectivity index (χ4n) is 2.07. The highest BCUT2D eigenvalue weighted by atomic mass is 32.2. The number of carbonyl (C=O) groups is 1. The molecule has 0 spiro atoms. The number of hydrogen-bond donors (Lipinski definition) is 1. The van der Waals surface area contributed by atoms with E-state index < -0.39 is 28.6 Å². The van der Waals surface area contributed by atoms with Crippen LogP contribution in [0.2, 0.25) is 0 Å². The molecule has 0 amide bonds. The number of carboxylic acids is 1. The zero-order chi connectivity index (χ0) is 16.4. The van der Waals surface area contributed by atoms with Gasteiger partial charge in [0.25, 0.3) is 0 Å². The first-order valence-electron chi connectivity index (χ1n) is 6.50. The van der Waals surface area contributed by atoms with Gasteiger partial charge in [-0.1, -0.05) is 0 Å². The van der Waals surface area contributed by atoms with Crippen LogP contribution in [-0.2, 0) is 14.8 Å². The van der Waals surface area contributed by atoms with E-state index in [1.54, 1.807) is 33.8 Å². The standard InChI is InChI=1S/C14H21NO5S/c1-9(2)15(8-14(16)17)21(18,19)13-7-10(3)12(20-5)6-11(13)4/h6-7,9H,8H2,1-5H3,(H,16,17). The van der Waals surface area contributed by atoms with Gasteiger partial charge < -0.3 is 9.84 Å². The number of benzene rings is 1. The first-order chi connectivity index (χ1) is 9.61. The Kier molecular flexibility index (Phi) is 5.36. The van der Waals surface area contributed by atoms with Crippen molar-refractivity contribution in [2.24, 2.45) is 0 Å². The molecule has 1 aromatic rings. The lowest BCUT2D eigenvalue weighted by Crippen LogP contribution is -2.40. The van der Waals surface area contributed by atoms with Gasteiger partial charge in [-0.05, 0) is 51.0 Å². The average Bonchev–Trinajstić information content (AvgIpc) is 2.37. The Balaban J connectivity index is 3.41. The van der Waals surface area contributed by atoms with Crippen molar-refractivity contribution >= 4 is 16.0 Å². The van der Waals surface area contributed by atoms with Crippen LogP contribution in [0, 0.1) is 13.8 Å². The third-order valence-electron chi connectivity index (χ3n) is 3.15. The van der Waals surface area contributed by atoms with E-state index in [0.29, 0.717) is 16.9 Å². The van der Waals surface area contributed by atoms with Crippen molar-refractivity contribution in [2.75, 3.05) is 13.7 Å². The lowest BCUT2D eigenvalue weighted by molar-refractivity contribution is -0.137. The Bertz CT molecular complexity index is 637. The van der Waals surface area contributed by atoms with E-state index in [1.165, 1.54) is 13.2 Å². The number of rotatable bonds is 6. The van der Waals surface area contributed by atoms with Gasteiger partial charge in [-0.25, -0.2) is 8.42 Å². The number of hydrogen-bond acceptors (Lipinski definition) is 4. The van der Waals surface area contributed by atoms with Gasteiger partial charge in [0, 0.05) is 6.04 Å². The molecular formula is C14H21NO5S. The van der Waals surface area contributed by atoms with Gasteiger partial charge in [0.1, 0.15) is 12.3 Å². The molecule has 0 heterocycles. The molecule has 7 heteroatoms. The fourth-order valence-corrected chi connectivity index (χ4v) is 3.95. The Hall–Kier alpha value is -1.60. The van der Waals surface area contributed by atoms with Gasteiger partial charge in [0.15, 0.2) is 0 Å². The van der Waals surface area contributed by atoms with Crippen molar-refractivity contribution in [3.63, 3.8) is 0 Å². The Labute approximate surface area is 125 Å². The third-order valence-corrected chi connectivity index (χ3v) is 5.31. The molecule has 0 radical (unpaired) electrons. The summed E-state index contributed by atoms with van der Waals surface area (Å²) in [6, 6.07) is 2.70. The molecular weight excluding hydrogens is 294 g/mol. The summed E-state index contributed by atoms with van der Waals surface area (Å²) in [5, 5.41) is 8.92. The zero-order valence-corrected chi connectivity index (χ0v) is 13.7. The highest BCUT2D eigenvalue weighted by Crippen LogP contribution is 2.28. The molecule has 1 aromatic carbocycles. The van der Waals surface area contributed by atoms with Crippen LogP contribution in [-0.4, -0.2) is 43.5 Å². The maximum Gasteiger partial charge on any atom is 0.318 e. The first-order valence-corrected chi connectivity index (χ1v) is 7.94. The number of sulfonamides is 1. The Morgan fingerprint density at radius 3 is 2.29 bits per heavy atom. The van der Waals surface area contributed by atoms with E-state index in [4.69, 9.17) is 9.84 Å². The second-order valence-electron chi connectivity index (χ2n) is 5.13. The fraction of sp³-hybridized carbons (Fsp3) is 0.500. The molecule has 0 fully saturated rings. The predicted octanol–water partition coefficient (Wildman–Crippen LogP) is 1.80. The van der Waals surface area contributed by atoms with Gasteiger partial charge >= 0.3 is 5.97 Å². The minimum absolute atomic E-state index is 0.107. The van der Waals surface area contributed by atoms with Crippen LogP contribution in [0.1, 0.15) is 25.0 Å². The maximum atomic E-state index is 12.7. The molecule has 0 aromatic heterocycles. The first kappa shape index (κ1) is 17.5. The van der Waals surface area contributed by atoms with Gasteiger partial charge in [-0.2, -0.15) is 4.31 Å². The number of aryl methyl sites for hydroxylation is 2. The number of aliphatic carboxylic acids is 1. The summed E-state index contributed by atoms with van der Waals surface area (Å²) in [5.74, 6) is -0.587. The Morgan fingerprint density at radius 2 is 1.86 bits per heavy atom. The molecule has 0 aliphatic heterocycles. The van der Waals surface area contributed by atoms with Crippen LogP contribution < -0.4 is 4.74 Å². The van der Waals surface area contributed by atoms with Crippen LogP contribution in [0.4, 0.5) is 0 Å². The highest BCUT2D eigenvalue weighted by molar-refractivity contribution is 7.89. The van der Waals surface area contributed by atoms with Crippen molar-refractivity contribution in [2.45, 2.75) is 38.6 Å². The van der Waals surface area contributed by atoms with E-state index in [0.717, 1.165) is 4.31 Å². The maximum absolute atomic E-state index is 12.7. The van der Waals surface area contributed by atoms with Crippen LogP contribution in [0.5, 0.6) is 5.75 Å². The predicted molar refractivity (Wildman–Crippen MR) is 79.1 cm³/mol. The smallest absolute Gasteiger partial charge is 0.318 e. The molecule has 0 aliphatic carbocycles. The molecule has 0 bridgehead atoms. The van der Waals surface area contributed by atoms with Gasteiger partial charge in [-0.15, -0.1) is 0 Å².